The average Bonchev–Trinajstić information content (AvgIpc) is 1.96. The summed E-state index contributed by atoms with van der Waals surface area (Å²) in [4.78, 5) is 13.8. The summed E-state index contributed by atoms with van der Waals surface area (Å²) in [6.07, 6.45) is 0.531. The van der Waals surface area contributed by atoms with E-state index in [4.69, 9.17) is 18.0 Å². The number of carbonyl (C=O) groups excluding carboxylic acids is 1. The van der Waals surface area contributed by atoms with E-state index < -0.39 is 0 Å². The molecule has 0 aliphatic rings. The van der Waals surface area contributed by atoms with Gasteiger partial charge in [-0.1, -0.05) is 33.0 Å². The molecule has 0 aromatic heterocycles. The molecule has 0 aromatic rings. The van der Waals surface area contributed by atoms with Crippen molar-refractivity contribution in [1.82, 2.24) is 4.90 Å². The fourth-order valence-corrected chi connectivity index (χ4v) is 1.29. The number of carbonyl (C=O) groups is 1. The van der Waals surface area contributed by atoms with Crippen LogP contribution in [0.1, 0.15) is 34.1 Å². The maximum atomic E-state index is 11.7. The predicted octanol–water partition coefficient (Wildman–Crippen LogP) is 1.56. The molecule has 14 heavy (non-hydrogen) atoms. The van der Waals surface area contributed by atoms with E-state index in [1.165, 1.54) is 0 Å². The van der Waals surface area contributed by atoms with Crippen LogP contribution in [-0.4, -0.2) is 28.9 Å². The number of amides is 1. The molecule has 2 N–H and O–H groups in total. The molecule has 82 valence electrons. The lowest BCUT2D eigenvalue weighted by Gasteiger charge is -2.25. The molecule has 0 saturated carbocycles. The van der Waals surface area contributed by atoms with Crippen molar-refractivity contribution in [3.05, 3.63) is 0 Å². The minimum absolute atomic E-state index is 0.0146. The zero-order valence-corrected chi connectivity index (χ0v) is 10.3. The maximum Gasteiger partial charge on any atom is 0.223 e. The molecule has 0 aliphatic carbocycles. The zero-order valence-electron chi connectivity index (χ0n) is 9.46. The van der Waals surface area contributed by atoms with E-state index in [0.29, 0.717) is 24.5 Å². The molecule has 0 aromatic carbocycles. The largest absolute Gasteiger partial charge is 0.392 e. The SMILES string of the molecule is CCN(CC(N)=S)C(=O)CC(C)(C)C. The summed E-state index contributed by atoms with van der Waals surface area (Å²) < 4.78 is 0. The molecule has 0 radical (unpaired) electrons. The molecule has 4 heteroatoms. The quantitative estimate of drug-likeness (QED) is 0.725. The van der Waals surface area contributed by atoms with Gasteiger partial charge in [0.2, 0.25) is 5.91 Å². The monoisotopic (exact) mass is 216 g/mol. The lowest BCUT2D eigenvalue weighted by Crippen LogP contribution is -2.39. The lowest BCUT2D eigenvalue weighted by atomic mass is 9.91. The Balaban J connectivity index is 4.25. The van der Waals surface area contributed by atoms with Crippen LogP contribution in [0.4, 0.5) is 0 Å². The topological polar surface area (TPSA) is 46.3 Å². The van der Waals surface area contributed by atoms with Crippen molar-refractivity contribution in [1.29, 1.82) is 0 Å². The van der Waals surface area contributed by atoms with E-state index in [2.05, 4.69) is 0 Å². The van der Waals surface area contributed by atoms with Crippen molar-refractivity contribution in [2.24, 2.45) is 11.1 Å². The van der Waals surface area contributed by atoms with Gasteiger partial charge < -0.3 is 10.6 Å². The number of nitrogens with two attached hydrogens (primary N) is 1. The molecule has 0 unspecified atom stereocenters. The second-order valence-corrected chi connectivity index (χ2v) is 5.14. The molecule has 0 rings (SSSR count). The first kappa shape index (κ1) is 13.4. The summed E-state index contributed by atoms with van der Waals surface area (Å²) >= 11 is 4.78. The van der Waals surface area contributed by atoms with Crippen molar-refractivity contribution in [3.8, 4) is 0 Å². The Bertz CT molecular complexity index is 221. The first-order valence-electron chi connectivity index (χ1n) is 4.82. The van der Waals surface area contributed by atoms with Crippen molar-refractivity contribution in [3.63, 3.8) is 0 Å². The third-order valence-electron chi connectivity index (χ3n) is 1.76. The molecule has 0 heterocycles. The third kappa shape index (κ3) is 5.91. The standard InChI is InChI=1S/C10H20N2OS/c1-5-12(7-8(11)14)9(13)6-10(2,3)4/h5-7H2,1-4H3,(H2,11,14). The van der Waals surface area contributed by atoms with Gasteiger partial charge in [0.1, 0.15) is 0 Å². The highest BCUT2D eigenvalue weighted by molar-refractivity contribution is 7.80. The first-order valence-corrected chi connectivity index (χ1v) is 5.23. The highest BCUT2D eigenvalue weighted by atomic mass is 32.1. The second-order valence-electron chi connectivity index (χ2n) is 4.61. The van der Waals surface area contributed by atoms with Crippen LogP contribution in [0, 0.1) is 5.41 Å². The Labute approximate surface area is 91.6 Å². The van der Waals surface area contributed by atoms with Crippen LogP contribution >= 0.6 is 12.2 Å². The number of nitrogens with zero attached hydrogens (tertiary/aromatic N) is 1. The Morgan fingerprint density at radius 2 is 1.93 bits per heavy atom. The molecule has 1 amide bonds. The number of hydrogen-bond acceptors (Lipinski definition) is 2. The Morgan fingerprint density at radius 3 is 2.21 bits per heavy atom. The molecule has 0 aliphatic heterocycles. The van der Waals surface area contributed by atoms with Gasteiger partial charge in [-0.15, -0.1) is 0 Å². The van der Waals surface area contributed by atoms with Gasteiger partial charge in [-0.05, 0) is 12.3 Å². The van der Waals surface area contributed by atoms with Gasteiger partial charge in [0, 0.05) is 13.0 Å². The van der Waals surface area contributed by atoms with E-state index >= 15 is 0 Å². The predicted molar refractivity (Wildman–Crippen MR) is 63.1 cm³/mol. The lowest BCUT2D eigenvalue weighted by molar-refractivity contribution is -0.132. The molecular formula is C10H20N2OS. The minimum atomic E-state index is 0.0146. The normalized spacial score (nSPS) is 11.1. The van der Waals surface area contributed by atoms with Crippen LogP contribution < -0.4 is 5.73 Å². The van der Waals surface area contributed by atoms with Gasteiger partial charge in [-0.2, -0.15) is 0 Å². The van der Waals surface area contributed by atoms with Gasteiger partial charge in [-0.3, -0.25) is 4.79 Å². The first-order chi connectivity index (χ1) is 6.26. The molecule has 0 bridgehead atoms. The van der Waals surface area contributed by atoms with Crippen LogP contribution in [-0.2, 0) is 4.79 Å². The van der Waals surface area contributed by atoms with E-state index in [-0.39, 0.29) is 11.3 Å². The van der Waals surface area contributed by atoms with Crippen LogP contribution in [0.15, 0.2) is 0 Å². The minimum Gasteiger partial charge on any atom is -0.392 e. The van der Waals surface area contributed by atoms with Crippen molar-refractivity contribution in [2.45, 2.75) is 34.1 Å². The van der Waals surface area contributed by atoms with E-state index in [1.807, 2.05) is 27.7 Å². The van der Waals surface area contributed by atoms with Crippen LogP contribution in [0.5, 0.6) is 0 Å². The Morgan fingerprint density at radius 1 is 1.43 bits per heavy atom. The second kappa shape index (κ2) is 5.29. The van der Waals surface area contributed by atoms with E-state index in [1.54, 1.807) is 4.90 Å². The van der Waals surface area contributed by atoms with Crippen LogP contribution in [0.3, 0.4) is 0 Å². The molecule has 0 atom stereocenters. The number of thiocarbonyl (C=S) groups is 1. The molecule has 0 saturated heterocycles. The highest BCUT2D eigenvalue weighted by Crippen LogP contribution is 2.19. The van der Waals surface area contributed by atoms with Gasteiger partial charge >= 0.3 is 0 Å². The Hall–Kier alpha value is -0.640. The van der Waals surface area contributed by atoms with Gasteiger partial charge in [0.15, 0.2) is 0 Å². The van der Waals surface area contributed by atoms with E-state index in [0.717, 1.165) is 0 Å². The summed E-state index contributed by atoms with van der Waals surface area (Å²) in [5.74, 6) is 0.118. The summed E-state index contributed by atoms with van der Waals surface area (Å²) in [6.45, 7) is 9.10. The summed E-state index contributed by atoms with van der Waals surface area (Å²) in [6, 6.07) is 0. The number of rotatable bonds is 4. The zero-order chi connectivity index (χ0) is 11.4. The number of hydrogen-bond donors (Lipinski definition) is 1. The van der Waals surface area contributed by atoms with Crippen LogP contribution in [0.2, 0.25) is 0 Å². The van der Waals surface area contributed by atoms with Gasteiger partial charge in [0.05, 0.1) is 11.5 Å². The highest BCUT2D eigenvalue weighted by Gasteiger charge is 2.20. The third-order valence-corrected chi connectivity index (χ3v) is 1.89. The fraction of sp³-hybridized carbons (Fsp3) is 0.800. The van der Waals surface area contributed by atoms with Gasteiger partial charge in [-0.25, -0.2) is 0 Å². The smallest absolute Gasteiger partial charge is 0.223 e. The van der Waals surface area contributed by atoms with Crippen LogP contribution in [0.25, 0.3) is 0 Å². The molecule has 0 spiro atoms. The maximum absolute atomic E-state index is 11.7. The Kier molecular flexibility index (Phi) is 5.05. The number of likely N-dealkylation sites (N-methyl/N-ethyl adjacent to an activating group) is 1. The summed E-state index contributed by atoms with van der Waals surface area (Å²) in [5.41, 5.74) is 5.42. The van der Waals surface area contributed by atoms with E-state index in [9.17, 15) is 4.79 Å². The van der Waals surface area contributed by atoms with Gasteiger partial charge in [0.25, 0.3) is 0 Å². The fourth-order valence-electron chi connectivity index (χ4n) is 1.13. The summed E-state index contributed by atoms with van der Waals surface area (Å²) in [5, 5.41) is 0. The molecule has 3 nitrogen and oxygen atoms in total. The average molecular weight is 216 g/mol. The molecular weight excluding hydrogens is 196 g/mol. The summed E-state index contributed by atoms with van der Waals surface area (Å²) in [7, 11) is 0. The van der Waals surface area contributed by atoms with Crippen molar-refractivity contribution in [2.75, 3.05) is 13.1 Å². The van der Waals surface area contributed by atoms with Crippen molar-refractivity contribution >= 4 is 23.1 Å². The van der Waals surface area contributed by atoms with Crippen molar-refractivity contribution < 1.29 is 4.79 Å². The molecule has 0 fully saturated rings.